The van der Waals surface area contributed by atoms with Crippen molar-refractivity contribution in [2.24, 2.45) is 0 Å². The molecule has 0 unspecified atom stereocenters. The highest BCUT2D eigenvalue weighted by Crippen LogP contribution is 2.23. The van der Waals surface area contributed by atoms with Gasteiger partial charge in [-0.25, -0.2) is 19.0 Å². The number of thioether (sulfide) groups is 1. The molecule has 4 rings (SSSR count). The highest BCUT2D eigenvalue weighted by Gasteiger charge is 2.10. The van der Waals surface area contributed by atoms with Gasteiger partial charge in [0.05, 0.1) is 5.69 Å². The second kappa shape index (κ2) is 8.27. The summed E-state index contributed by atoms with van der Waals surface area (Å²) in [6.45, 7) is 0.721. The molecule has 0 N–H and O–H groups in total. The molecule has 0 fully saturated rings. The first-order valence-electron chi connectivity index (χ1n) is 7.84. The van der Waals surface area contributed by atoms with Gasteiger partial charge in [0, 0.05) is 11.1 Å². The van der Waals surface area contributed by atoms with E-state index in [9.17, 15) is 4.39 Å². The maximum absolute atomic E-state index is 12.9. The predicted molar refractivity (Wildman–Crippen MR) is 95.8 cm³/mol. The molecule has 8 nitrogen and oxygen atoms in total. The average molecular weight is 404 g/mol. The minimum atomic E-state index is -0.290. The van der Waals surface area contributed by atoms with Gasteiger partial charge >= 0.3 is 0 Å². The number of aromatic nitrogens is 6. The van der Waals surface area contributed by atoms with E-state index in [1.807, 2.05) is 5.38 Å². The second-order valence-electron chi connectivity index (χ2n) is 5.32. The van der Waals surface area contributed by atoms with Gasteiger partial charge in [0.1, 0.15) is 42.4 Å². The molecular formula is C16H13FN6O2S2. The van der Waals surface area contributed by atoms with Crippen molar-refractivity contribution in [3.05, 3.63) is 64.7 Å². The third-order valence-corrected chi connectivity index (χ3v) is 5.05. The molecule has 0 aliphatic carbocycles. The first kappa shape index (κ1) is 17.6. The number of benzene rings is 1. The fourth-order valence-corrected chi connectivity index (χ4v) is 3.59. The molecule has 0 atom stereocenters. The normalized spacial score (nSPS) is 11.0. The summed E-state index contributed by atoms with van der Waals surface area (Å²) in [5.74, 6) is 1.39. The average Bonchev–Trinajstić information content (AvgIpc) is 3.42. The van der Waals surface area contributed by atoms with E-state index in [0.717, 1.165) is 10.7 Å². The standard InChI is InChI=1S/C16H13FN6O2S2/c17-11-1-3-13(4-2-11)24-6-15-20-12(7-26-15)8-27-16-22-21-14(25-16)5-23-10-18-9-19-23/h1-4,7,9-10H,5-6,8H2. The number of halogens is 1. The first-order valence-corrected chi connectivity index (χ1v) is 9.70. The molecule has 3 aromatic heterocycles. The number of thiazole rings is 1. The van der Waals surface area contributed by atoms with Crippen LogP contribution in [0, 0.1) is 5.82 Å². The highest BCUT2D eigenvalue weighted by atomic mass is 32.2. The molecule has 4 aromatic rings. The third-order valence-electron chi connectivity index (χ3n) is 3.33. The van der Waals surface area contributed by atoms with Crippen molar-refractivity contribution in [1.29, 1.82) is 0 Å². The van der Waals surface area contributed by atoms with Crippen LogP contribution in [0.25, 0.3) is 0 Å². The summed E-state index contributed by atoms with van der Waals surface area (Å²) in [5.41, 5.74) is 0.902. The Bertz CT molecular complexity index is 987. The monoisotopic (exact) mass is 404 g/mol. The lowest BCUT2D eigenvalue weighted by atomic mass is 10.3. The molecule has 0 bridgehead atoms. The molecule has 0 aliphatic rings. The van der Waals surface area contributed by atoms with Gasteiger partial charge in [-0.15, -0.1) is 21.5 Å². The van der Waals surface area contributed by atoms with Crippen LogP contribution in [-0.4, -0.2) is 29.9 Å². The van der Waals surface area contributed by atoms with Crippen LogP contribution in [0.3, 0.4) is 0 Å². The summed E-state index contributed by atoms with van der Waals surface area (Å²) in [7, 11) is 0. The minimum absolute atomic E-state index is 0.290. The molecule has 11 heteroatoms. The zero-order valence-corrected chi connectivity index (χ0v) is 15.5. The SMILES string of the molecule is Fc1ccc(OCc2nc(CSc3nnc(Cn4cncn4)o3)cs2)cc1. The van der Waals surface area contributed by atoms with Crippen molar-refractivity contribution in [1.82, 2.24) is 29.9 Å². The Hall–Kier alpha value is -2.79. The van der Waals surface area contributed by atoms with Gasteiger partial charge in [0.15, 0.2) is 0 Å². The van der Waals surface area contributed by atoms with Crippen LogP contribution in [0.1, 0.15) is 16.6 Å². The van der Waals surface area contributed by atoms with E-state index >= 15 is 0 Å². The summed E-state index contributed by atoms with van der Waals surface area (Å²) in [5, 5.41) is 15.3. The van der Waals surface area contributed by atoms with E-state index in [1.165, 1.54) is 41.6 Å². The molecule has 0 radical (unpaired) electrons. The Morgan fingerprint density at radius 3 is 2.93 bits per heavy atom. The Kier molecular flexibility index (Phi) is 5.39. The molecule has 0 aliphatic heterocycles. The second-order valence-corrected chi connectivity index (χ2v) is 7.19. The molecule has 0 saturated heterocycles. The summed E-state index contributed by atoms with van der Waals surface area (Å²) in [6.07, 6.45) is 3.04. The van der Waals surface area contributed by atoms with Crippen molar-refractivity contribution in [2.45, 2.75) is 24.1 Å². The maximum Gasteiger partial charge on any atom is 0.277 e. The smallest absolute Gasteiger partial charge is 0.277 e. The van der Waals surface area contributed by atoms with Crippen molar-refractivity contribution in [2.75, 3.05) is 0 Å². The molecule has 0 amide bonds. The van der Waals surface area contributed by atoms with Crippen molar-refractivity contribution < 1.29 is 13.5 Å². The molecular weight excluding hydrogens is 391 g/mol. The maximum atomic E-state index is 12.9. The molecule has 138 valence electrons. The summed E-state index contributed by atoms with van der Waals surface area (Å²) in [4.78, 5) is 8.38. The van der Waals surface area contributed by atoms with E-state index in [-0.39, 0.29) is 5.82 Å². The largest absolute Gasteiger partial charge is 0.486 e. The minimum Gasteiger partial charge on any atom is -0.486 e. The van der Waals surface area contributed by atoms with Gasteiger partial charge in [0.25, 0.3) is 5.22 Å². The van der Waals surface area contributed by atoms with Gasteiger partial charge < -0.3 is 9.15 Å². The topological polar surface area (TPSA) is 91.8 Å². The van der Waals surface area contributed by atoms with Gasteiger partial charge in [-0.2, -0.15) is 5.10 Å². The summed E-state index contributed by atoms with van der Waals surface area (Å²) >= 11 is 2.92. The van der Waals surface area contributed by atoms with Gasteiger partial charge in [0.2, 0.25) is 5.89 Å². The highest BCUT2D eigenvalue weighted by molar-refractivity contribution is 7.98. The summed E-state index contributed by atoms with van der Waals surface area (Å²) < 4.78 is 25.7. The fraction of sp³-hybridized carbons (Fsp3) is 0.188. The van der Waals surface area contributed by atoms with Crippen LogP contribution < -0.4 is 4.74 Å². The van der Waals surface area contributed by atoms with E-state index in [4.69, 9.17) is 9.15 Å². The predicted octanol–water partition coefficient (Wildman–Crippen LogP) is 3.18. The number of ether oxygens (including phenoxy) is 1. The fourth-order valence-electron chi connectivity index (χ4n) is 2.11. The number of hydrogen-bond donors (Lipinski definition) is 0. The van der Waals surface area contributed by atoms with Crippen LogP contribution in [0.4, 0.5) is 4.39 Å². The van der Waals surface area contributed by atoms with Crippen LogP contribution >= 0.6 is 23.1 Å². The van der Waals surface area contributed by atoms with Gasteiger partial charge in [-0.05, 0) is 24.3 Å². The number of rotatable bonds is 8. The molecule has 1 aromatic carbocycles. The van der Waals surface area contributed by atoms with Crippen LogP contribution in [0.5, 0.6) is 5.75 Å². The third kappa shape index (κ3) is 4.89. The quantitative estimate of drug-likeness (QED) is 0.414. The van der Waals surface area contributed by atoms with E-state index in [2.05, 4.69) is 25.3 Å². The Labute approximate surface area is 161 Å². The Morgan fingerprint density at radius 2 is 2.11 bits per heavy atom. The molecule has 0 saturated carbocycles. The van der Waals surface area contributed by atoms with Gasteiger partial charge in [-0.1, -0.05) is 11.8 Å². The van der Waals surface area contributed by atoms with Crippen molar-refractivity contribution >= 4 is 23.1 Å². The van der Waals surface area contributed by atoms with E-state index in [1.54, 1.807) is 23.1 Å². The van der Waals surface area contributed by atoms with Gasteiger partial charge in [-0.3, -0.25) is 0 Å². The Morgan fingerprint density at radius 1 is 1.22 bits per heavy atom. The van der Waals surface area contributed by atoms with E-state index < -0.39 is 0 Å². The lowest BCUT2D eigenvalue weighted by Crippen LogP contribution is -1.99. The van der Waals surface area contributed by atoms with Crippen molar-refractivity contribution in [3.8, 4) is 5.75 Å². The molecule has 27 heavy (non-hydrogen) atoms. The molecule has 3 heterocycles. The first-order chi connectivity index (χ1) is 13.2. The van der Waals surface area contributed by atoms with Crippen LogP contribution in [0.15, 0.2) is 51.9 Å². The van der Waals surface area contributed by atoms with Crippen molar-refractivity contribution in [3.63, 3.8) is 0 Å². The zero-order valence-electron chi connectivity index (χ0n) is 13.9. The number of nitrogens with zero attached hydrogens (tertiary/aromatic N) is 6. The molecule has 0 spiro atoms. The number of hydrogen-bond acceptors (Lipinski definition) is 9. The zero-order chi connectivity index (χ0) is 18.5. The lowest BCUT2D eigenvalue weighted by Gasteiger charge is -2.03. The summed E-state index contributed by atoms with van der Waals surface area (Å²) in [6, 6.07) is 5.90. The lowest BCUT2D eigenvalue weighted by molar-refractivity contribution is 0.305. The van der Waals surface area contributed by atoms with Crippen LogP contribution in [0.2, 0.25) is 0 Å². The Balaban J connectivity index is 1.27. The van der Waals surface area contributed by atoms with E-state index in [0.29, 0.717) is 35.8 Å². The van der Waals surface area contributed by atoms with Crippen LogP contribution in [-0.2, 0) is 18.9 Å².